The molecule has 8 heteroatoms. The average molecular weight is 414 g/mol. The van der Waals surface area contributed by atoms with Crippen molar-refractivity contribution in [2.24, 2.45) is 4.99 Å². The summed E-state index contributed by atoms with van der Waals surface area (Å²) in [5.74, 6) is 0.798. The Morgan fingerprint density at radius 1 is 1.07 bits per heavy atom. The van der Waals surface area contributed by atoms with E-state index in [9.17, 15) is 4.79 Å². The summed E-state index contributed by atoms with van der Waals surface area (Å²) in [6.45, 7) is 20.9. The molecule has 1 amide bonds. The van der Waals surface area contributed by atoms with Gasteiger partial charge in [-0.05, 0) is 61.8 Å². The maximum absolute atomic E-state index is 11.7. The quantitative estimate of drug-likeness (QED) is 0.322. The second-order valence-corrected chi connectivity index (χ2v) is 9.38. The normalized spacial score (nSPS) is 21.6. The van der Waals surface area contributed by atoms with Crippen molar-refractivity contribution in [3.8, 4) is 0 Å². The van der Waals surface area contributed by atoms with Gasteiger partial charge in [-0.3, -0.25) is 9.89 Å². The Morgan fingerprint density at radius 3 is 2.21 bits per heavy atom. The van der Waals surface area contributed by atoms with Crippen molar-refractivity contribution in [3.63, 3.8) is 0 Å². The summed E-state index contributed by atoms with van der Waals surface area (Å²) >= 11 is 0. The lowest BCUT2D eigenvalue weighted by Crippen LogP contribution is -2.56. The van der Waals surface area contributed by atoms with E-state index in [1.165, 1.54) is 0 Å². The zero-order valence-corrected chi connectivity index (χ0v) is 19.7. The molecule has 2 atom stereocenters. The first-order valence-electron chi connectivity index (χ1n) is 10.8. The molecule has 1 rings (SSSR count). The molecule has 1 heterocycles. The van der Waals surface area contributed by atoms with Gasteiger partial charge in [-0.1, -0.05) is 0 Å². The van der Waals surface area contributed by atoms with Crippen molar-refractivity contribution in [2.75, 3.05) is 39.3 Å². The number of hydrogen-bond acceptors (Lipinski definition) is 5. The highest BCUT2D eigenvalue weighted by atomic mass is 16.6. The molecule has 1 saturated heterocycles. The van der Waals surface area contributed by atoms with Crippen LogP contribution in [0.2, 0.25) is 0 Å². The minimum atomic E-state index is -0.476. The molecule has 0 aliphatic carbocycles. The third-order valence-corrected chi connectivity index (χ3v) is 4.56. The molecule has 8 nitrogen and oxygen atoms in total. The largest absolute Gasteiger partial charge is 0.444 e. The minimum Gasteiger partial charge on any atom is -0.444 e. The van der Waals surface area contributed by atoms with Crippen LogP contribution in [0.4, 0.5) is 4.79 Å². The first kappa shape index (κ1) is 25.5. The topological polar surface area (TPSA) is 87.2 Å². The summed E-state index contributed by atoms with van der Waals surface area (Å²) in [5, 5.41) is 9.40. The van der Waals surface area contributed by atoms with Gasteiger partial charge in [-0.2, -0.15) is 0 Å². The van der Waals surface area contributed by atoms with Crippen LogP contribution in [0.3, 0.4) is 0 Å². The molecule has 1 fully saturated rings. The summed E-state index contributed by atoms with van der Waals surface area (Å²) in [7, 11) is 0. The number of carbonyl (C=O) groups excluding carboxylic acids is 1. The van der Waals surface area contributed by atoms with Gasteiger partial charge in [-0.15, -0.1) is 0 Å². The molecule has 0 aromatic heterocycles. The number of nitrogens with one attached hydrogen (secondary N) is 3. The fraction of sp³-hybridized carbons (Fsp3) is 0.905. The Labute approximate surface area is 177 Å². The highest BCUT2D eigenvalue weighted by Crippen LogP contribution is 2.21. The number of ether oxygens (including phenoxy) is 2. The average Bonchev–Trinajstić information content (AvgIpc) is 2.57. The van der Waals surface area contributed by atoms with E-state index in [1.54, 1.807) is 0 Å². The van der Waals surface area contributed by atoms with E-state index in [4.69, 9.17) is 14.5 Å². The number of amides is 1. The molecular weight excluding hydrogens is 370 g/mol. The van der Waals surface area contributed by atoms with E-state index in [1.807, 2.05) is 20.8 Å². The van der Waals surface area contributed by atoms with Crippen LogP contribution in [0.5, 0.6) is 0 Å². The number of alkyl carbamates (subject to hydrolysis) is 1. The number of nitrogens with zero attached hydrogens (tertiary/aromatic N) is 2. The van der Waals surface area contributed by atoms with Gasteiger partial charge in [0, 0.05) is 38.3 Å². The van der Waals surface area contributed by atoms with Gasteiger partial charge in [0.05, 0.1) is 18.8 Å². The van der Waals surface area contributed by atoms with Crippen LogP contribution in [0.15, 0.2) is 4.99 Å². The standard InChI is InChI=1S/C21H43N5O3/c1-9-22-18(23-11-10-12-24-19(27)29-20(4,5)6)25-15-21(7,8)26-13-16(2)28-17(3)14-26/h16-17H,9-15H2,1-8H3,(H,24,27)(H2,22,23,25). The third-order valence-electron chi connectivity index (χ3n) is 4.56. The molecule has 170 valence electrons. The Bertz CT molecular complexity index is 521. The molecule has 0 spiro atoms. The Morgan fingerprint density at radius 2 is 1.66 bits per heavy atom. The maximum atomic E-state index is 11.7. The van der Waals surface area contributed by atoms with E-state index in [-0.39, 0.29) is 23.8 Å². The van der Waals surface area contributed by atoms with Gasteiger partial charge < -0.3 is 25.4 Å². The predicted octanol–water partition coefficient (Wildman–Crippen LogP) is 2.34. The smallest absolute Gasteiger partial charge is 0.407 e. The summed E-state index contributed by atoms with van der Waals surface area (Å²) in [4.78, 5) is 18.9. The number of hydrogen-bond donors (Lipinski definition) is 3. The molecule has 1 aliphatic rings. The van der Waals surface area contributed by atoms with Crippen molar-refractivity contribution in [2.45, 2.75) is 85.2 Å². The molecular formula is C21H43N5O3. The van der Waals surface area contributed by atoms with Gasteiger partial charge in [0.1, 0.15) is 5.60 Å². The van der Waals surface area contributed by atoms with Crippen molar-refractivity contribution >= 4 is 12.1 Å². The number of morpholine rings is 1. The third kappa shape index (κ3) is 10.7. The summed E-state index contributed by atoms with van der Waals surface area (Å²) in [6.07, 6.45) is 0.886. The SMILES string of the molecule is CCNC(=NCC(C)(C)N1CC(C)OC(C)C1)NCCCNC(=O)OC(C)(C)C. The molecule has 1 aliphatic heterocycles. The second-order valence-electron chi connectivity index (χ2n) is 9.38. The molecule has 0 saturated carbocycles. The van der Waals surface area contributed by atoms with E-state index < -0.39 is 5.60 Å². The van der Waals surface area contributed by atoms with E-state index in [2.05, 4.69) is 55.5 Å². The van der Waals surface area contributed by atoms with Crippen molar-refractivity contribution in [1.29, 1.82) is 0 Å². The van der Waals surface area contributed by atoms with Crippen LogP contribution in [-0.4, -0.2) is 79.6 Å². The van der Waals surface area contributed by atoms with Crippen molar-refractivity contribution < 1.29 is 14.3 Å². The monoisotopic (exact) mass is 413 g/mol. The van der Waals surface area contributed by atoms with Crippen molar-refractivity contribution in [1.82, 2.24) is 20.9 Å². The predicted molar refractivity (Wildman–Crippen MR) is 118 cm³/mol. The number of carbonyl (C=O) groups is 1. The Hall–Kier alpha value is -1.54. The first-order valence-corrected chi connectivity index (χ1v) is 10.8. The van der Waals surface area contributed by atoms with Crippen LogP contribution in [0, 0.1) is 0 Å². The zero-order valence-electron chi connectivity index (χ0n) is 19.7. The van der Waals surface area contributed by atoms with Gasteiger partial charge in [0.25, 0.3) is 0 Å². The highest BCUT2D eigenvalue weighted by molar-refractivity contribution is 5.79. The van der Waals surface area contributed by atoms with E-state index in [0.717, 1.165) is 32.0 Å². The van der Waals surface area contributed by atoms with Gasteiger partial charge in [0.2, 0.25) is 0 Å². The van der Waals surface area contributed by atoms with Gasteiger partial charge >= 0.3 is 6.09 Å². The van der Waals surface area contributed by atoms with E-state index in [0.29, 0.717) is 19.6 Å². The zero-order chi connectivity index (χ0) is 22.1. The van der Waals surface area contributed by atoms with E-state index >= 15 is 0 Å². The summed E-state index contributed by atoms with van der Waals surface area (Å²) in [5.41, 5.74) is -0.525. The second kappa shape index (κ2) is 11.6. The molecule has 0 aromatic rings. The molecule has 2 unspecified atom stereocenters. The maximum Gasteiger partial charge on any atom is 0.407 e. The number of guanidine groups is 1. The van der Waals surface area contributed by atoms with Crippen LogP contribution < -0.4 is 16.0 Å². The molecule has 3 N–H and O–H groups in total. The Kier molecular flexibility index (Phi) is 10.2. The summed E-state index contributed by atoms with van der Waals surface area (Å²) in [6, 6.07) is 0. The fourth-order valence-electron chi connectivity index (χ4n) is 3.19. The van der Waals surface area contributed by atoms with Gasteiger partial charge in [-0.25, -0.2) is 4.79 Å². The number of rotatable bonds is 8. The first-order chi connectivity index (χ1) is 13.4. The van der Waals surface area contributed by atoms with Crippen LogP contribution in [0.25, 0.3) is 0 Å². The van der Waals surface area contributed by atoms with Crippen molar-refractivity contribution in [3.05, 3.63) is 0 Å². The summed E-state index contributed by atoms with van der Waals surface area (Å²) < 4.78 is 11.1. The minimum absolute atomic E-state index is 0.0487. The lowest BCUT2D eigenvalue weighted by molar-refractivity contribution is -0.0939. The molecule has 0 radical (unpaired) electrons. The van der Waals surface area contributed by atoms with Crippen LogP contribution >= 0.6 is 0 Å². The number of aliphatic imine (C=N–C) groups is 1. The van der Waals surface area contributed by atoms with Crippen LogP contribution in [0.1, 0.15) is 61.8 Å². The molecule has 29 heavy (non-hydrogen) atoms. The molecule has 0 bridgehead atoms. The lowest BCUT2D eigenvalue weighted by atomic mass is 10.0. The fourth-order valence-corrected chi connectivity index (χ4v) is 3.19. The highest BCUT2D eigenvalue weighted by Gasteiger charge is 2.33. The molecule has 0 aromatic carbocycles. The van der Waals surface area contributed by atoms with Crippen LogP contribution in [-0.2, 0) is 9.47 Å². The lowest BCUT2D eigenvalue weighted by Gasteiger charge is -2.44. The Balaban J connectivity index is 2.44. The van der Waals surface area contributed by atoms with Gasteiger partial charge in [0.15, 0.2) is 5.96 Å².